The summed E-state index contributed by atoms with van der Waals surface area (Å²) in [7, 11) is 0. The first-order valence-corrected chi connectivity index (χ1v) is 13.9. The normalized spacial score (nSPS) is 11.6. The third-order valence-corrected chi connectivity index (χ3v) is 7.21. The van der Waals surface area contributed by atoms with E-state index in [4.69, 9.17) is 14.7 Å². The van der Waals surface area contributed by atoms with E-state index >= 15 is 0 Å². The van der Waals surface area contributed by atoms with Crippen LogP contribution in [0.1, 0.15) is 17.3 Å². The average molecular weight is 557 g/mol. The second-order valence-corrected chi connectivity index (χ2v) is 10.2. The van der Waals surface area contributed by atoms with Crippen molar-refractivity contribution in [2.45, 2.75) is 13.0 Å². The van der Waals surface area contributed by atoms with Gasteiger partial charge in [0.05, 0.1) is 33.7 Å². The van der Waals surface area contributed by atoms with Gasteiger partial charge in [0, 0.05) is 22.1 Å². The number of hydrogen-bond donors (Lipinski definition) is 1. The summed E-state index contributed by atoms with van der Waals surface area (Å²) in [4.78, 5) is 40.1. The van der Waals surface area contributed by atoms with Gasteiger partial charge in [0.2, 0.25) is 0 Å². The molecule has 0 spiro atoms. The predicted octanol–water partition coefficient (Wildman–Crippen LogP) is 7.27. The van der Waals surface area contributed by atoms with Gasteiger partial charge in [-0.3, -0.25) is 10.1 Å². The van der Waals surface area contributed by atoms with Crippen molar-refractivity contribution in [2.75, 3.05) is 5.32 Å². The third-order valence-electron chi connectivity index (χ3n) is 6.45. The molecule has 1 atom stereocenters. The van der Waals surface area contributed by atoms with Gasteiger partial charge in [-0.25, -0.2) is 19.7 Å². The lowest BCUT2D eigenvalue weighted by atomic mass is 10.0. The van der Waals surface area contributed by atoms with Gasteiger partial charge >= 0.3 is 5.97 Å². The topological polar surface area (TPSA) is 94.1 Å². The fraction of sp³-hybridized carbons (Fsp3) is 0.0606. The molecule has 0 fully saturated rings. The molecule has 7 nitrogen and oxygen atoms in total. The second kappa shape index (κ2) is 11.5. The summed E-state index contributed by atoms with van der Waals surface area (Å²) in [6.45, 7) is 1.53. The first-order valence-electron chi connectivity index (χ1n) is 13.0. The molecule has 200 valence electrons. The number of anilines is 1. The van der Waals surface area contributed by atoms with Crippen molar-refractivity contribution in [3.05, 3.63) is 120 Å². The summed E-state index contributed by atoms with van der Waals surface area (Å²) >= 11 is 1.31. The Labute approximate surface area is 240 Å². The summed E-state index contributed by atoms with van der Waals surface area (Å²) in [6, 6.07) is 34.4. The standard InChI is InChI=1S/C33H24N4O3S/c1-21(31(38)37-33-36-28(20-41-33)22-11-5-2-6-12-22)40-32(39)25-17-18-26-27(19-25)35-30(24-15-9-4-10-16-24)29(34-26)23-13-7-3-8-14-23/h2-21H,1H3,(H,36,37,38). The van der Waals surface area contributed by atoms with Gasteiger partial charge in [-0.1, -0.05) is 91.0 Å². The van der Waals surface area contributed by atoms with E-state index in [0.29, 0.717) is 21.9 Å². The van der Waals surface area contributed by atoms with Crippen molar-refractivity contribution >= 4 is 39.4 Å². The van der Waals surface area contributed by atoms with Crippen LogP contribution in [-0.4, -0.2) is 32.9 Å². The van der Waals surface area contributed by atoms with E-state index in [1.807, 2.05) is 96.4 Å². The van der Waals surface area contributed by atoms with Crippen LogP contribution in [0, 0.1) is 0 Å². The van der Waals surface area contributed by atoms with Crippen molar-refractivity contribution < 1.29 is 14.3 Å². The molecular formula is C33H24N4O3S. The Bertz CT molecular complexity index is 1840. The Hall–Kier alpha value is -5.21. The lowest BCUT2D eigenvalue weighted by molar-refractivity contribution is -0.123. The molecule has 6 rings (SSSR count). The molecule has 2 heterocycles. The summed E-state index contributed by atoms with van der Waals surface area (Å²) in [5, 5.41) is 5.03. The number of carbonyl (C=O) groups is 2. The van der Waals surface area contributed by atoms with Crippen molar-refractivity contribution in [1.29, 1.82) is 0 Å². The Morgan fingerprint density at radius 2 is 1.27 bits per heavy atom. The molecule has 0 saturated heterocycles. The van der Waals surface area contributed by atoms with E-state index in [9.17, 15) is 9.59 Å². The number of fused-ring (bicyclic) bond motifs is 1. The van der Waals surface area contributed by atoms with Crippen molar-refractivity contribution in [1.82, 2.24) is 15.0 Å². The molecule has 2 aromatic heterocycles. The molecule has 4 aromatic carbocycles. The van der Waals surface area contributed by atoms with Crippen molar-refractivity contribution in [2.24, 2.45) is 0 Å². The number of nitrogens with one attached hydrogen (secondary N) is 1. The zero-order chi connectivity index (χ0) is 28.2. The van der Waals surface area contributed by atoms with Crippen LogP contribution in [0.5, 0.6) is 0 Å². The van der Waals surface area contributed by atoms with E-state index in [1.54, 1.807) is 18.2 Å². The third kappa shape index (κ3) is 5.73. The molecule has 0 radical (unpaired) electrons. The van der Waals surface area contributed by atoms with Crippen LogP contribution in [0.2, 0.25) is 0 Å². The monoisotopic (exact) mass is 556 g/mol. The van der Waals surface area contributed by atoms with Crippen LogP contribution < -0.4 is 5.32 Å². The van der Waals surface area contributed by atoms with E-state index < -0.39 is 18.0 Å². The van der Waals surface area contributed by atoms with Crippen molar-refractivity contribution in [3.63, 3.8) is 0 Å². The first kappa shape index (κ1) is 26.0. The Kier molecular flexibility index (Phi) is 7.30. The zero-order valence-electron chi connectivity index (χ0n) is 22.0. The number of benzene rings is 4. The molecule has 0 saturated carbocycles. The van der Waals surface area contributed by atoms with Crippen LogP contribution in [0.25, 0.3) is 44.8 Å². The van der Waals surface area contributed by atoms with Crippen LogP contribution >= 0.6 is 11.3 Å². The maximum atomic E-state index is 13.0. The lowest BCUT2D eigenvalue weighted by Gasteiger charge is -2.13. The van der Waals surface area contributed by atoms with E-state index in [2.05, 4.69) is 10.3 Å². The van der Waals surface area contributed by atoms with Gasteiger partial charge in [0.1, 0.15) is 0 Å². The molecule has 1 N–H and O–H groups in total. The maximum Gasteiger partial charge on any atom is 0.338 e. The van der Waals surface area contributed by atoms with Gasteiger partial charge in [-0.2, -0.15) is 0 Å². The van der Waals surface area contributed by atoms with Gasteiger partial charge in [0.25, 0.3) is 5.91 Å². The minimum atomic E-state index is -1.03. The SMILES string of the molecule is CC(OC(=O)c1ccc2nc(-c3ccccc3)c(-c3ccccc3)nc2c1)C(=O)Nc1nc(-c2ccccc2)cs1. The summed E-state index contributed by atoms with van der Waals surface area (Å²) in [5.74, 6) is -1.10. The van der Waals surface area contributed by atoms with E-state index in [0.717, 1.165) is 28.1 Å². The molecule has 0 aliphatic rings. The fourth-order valence-corrected chi connectivity index (χ4v) is 5.06. The molecule has 1 unspecified atom stereocenters. The minimum Gasteiger partial charge on any atom is -0.449 e. The first-order chi connectivity index (χ1) is 20.0. The van der Waals surface area contributed by atoms with Gasteiger partial charge in [-0.05, 0) is 25.1 Å². The highest BCUT2D eigenvalue weighted by Gasteiger charge is 2.21. The number of rotatable bonds is 7. The molecule has 0 aliphatic heterocycles. The van der Waals surface area contributed by atoms with Gasteiger partial charge in [-0.15, -0.1) is 11.3 Å². The number of aromatic nitrogens is 3. The maximum absolute atomic E-state index is 13.0. The van der Waals surface area contributed by atoms with Gasteiger partial charge < -0.3 is 4.74 Å². The number of amides is 1. The van der Waals surface area contributed by atoms with Gasteiger partial charge in [0.15, 0.2) is 11.2 Å². The number of ether oxygens (including phenoxy) is 1. The Balaban J connectivity index is 1.22. The van der Waals surface area contributed by atoms with Crippen LogP contribution in [0.15, 0.2) is 115 Å². The van der Waals surface area contributed by atoms with E-state index in [1.165, 1.54) is 18.3 Å². The minimum absolute atomic E-state index is 0.276. The Morgan fingerprint density at radius 3 is 1.88 bits per heavy atom. The quantitative estimate of drug-likeness (QED) is 0.208. The number of nitrogens with zero attached hydrogens (tertiary/aromatic N) is 3. The fourth-order valence-electron chi connectivity index (χ4n) is 4.34. The number of thiazole rings is 1. The highest BCUT2D eigenvalue weighted by molar-refractivity contribution is 7.14. The highest BCUT2D eigenvalue weighted by atomic mass is 32.1. The molecule has 8 heteroatoms. The number of esters is 1. The smallest absolute Gasteiger partial charge is 0.338 e. The molecule has 0 aliphatic carbocycles. The van der Waals surface area contributed by atoms with Crippen LogP contribution in [0.4, 0.5) is 5.13 Å². The molecule has 0 bridgehead atoms. The van der Waals surface area contributed by atoms with Crippen LogP contribution in [-0.2, 0) is 9.53 Å². The largest absolute Gasteiger partial charge is 0.449 e. The zero-order valence-corrected chi connectivity index (χ0v) is 22.8. The van der Waals surface area contributed by atoms with Crippen LogP contribution in [0.3, 0.4) is 0 Å². The lowest BCUT2D eigenvalue weighted by Crippen LogP contribution is -2.30. The predicted molar refractivity (Wildman–Crippen MR) is 161 cm³/mol. The Morgan fingerprint density at radius 1 is 0.707 bits per heavy atom. The molecule has 6 aromatic rings. The van der Waals surface area contributed by atoms with E-state index in [-0.39, 0.29) is 5.56 Å². The number of carbonyl (C=O) groups excluding carboxylic acids is 2. The highest BCUT2D eigenvalue weighted by Crippen LogP contribution is 2.31. The molecular weight excluding hydrogens is 532 g/mol. The summed E-state index contributed by atoms with van der Waals surface area (Å²) in [5.41, 5.74) is 6.50. The number of hydrogen-bond acceptors (Lipinski definition) is 7. The average Bonchev–Trinajstić information content (AvgIpc) is 3.50. The molecule has 41 heavy (non-hydrogen) atoms. The summed E-state index contributed by atoms with van der Waals surface area (Å²) < 4.78 is 5.50. The second-order valence-electron chi connectivity index (χ2n) is 9.30. The van der Waals surface area contributed by atoms with Crippen molar-refractivity contribution in [3.8, 4) is 33.8 Å². The summed E-state index contributed by atoms with van der Waals surface area (Å²) in [6.07, 6.45) is -1.03. The molecule has 1 amide bonds.